The first-order valence-electron chi connectivity index (χ1n) is 6.24. The summed E-state index contributed by atoms with van der Waals surface area (Å²) in [4.78, 5) is 0. The van der Waals surface area contributed by atoms with Gasteiger partial charge in [-0.15, -0.1) is 0 Å². The van der Waals surface area contributed by atoms with Gasteiger partial charge in [-0.1, -0.05) is 60.7 Å². The molecule has 0 aromatic heterocycles. The lowest BCUT2D eigenvalue weighted by Crippen LogP contribution is -2.37. The molecule has 0 aliphatic heterocycles. The zero-order valence-corrected chi connectivity index (χ0v) is 12.1. The maximum absolute atomic E-state index is 3.75. The van der Waals surface area contributed by atoms with E-state index in [0.29, 0.717) is 0 Å². The second-order valence-corrected chi connectivity index (χ2v) is 7.30. The standard InChI is InChI=1S/C16H20NP/c1-16(2,3)17-18(14-10-6-4-7-11-14)15-12-8-5-9-13-15/h4-13,17H,1-3H3. The molecule has 0 amide bonds. The maximum Gasteiger partial charge on any atom is 0.0257 e. The van der Waals surface area contributed by atoms with E-state index in [1.165, 1.54) is 10.6 Å². The molecule has 0 aliphatic rings. The van der Waals surface area contributed by atoms with E-state index in [2.05, 4.69) is 86.5 Å². The van der Waals surface area contributed by atoms with Crippen LogP contribution in [0.4, 0.5) is 0 Å². The molecule has 18 heavy (non-hydrogen) atoms. The van der Waals surface area contributed by atoms with Crippen molar-refractivity contribution in [3.05, 3.63) is 60.7 Å². The first-order valence-corrected chi connectivity index (χ1v) is 7.58. The van der Waals surface area contributed by atoms with Gasteiger partial charge in [-0.05, 0) is 31.4 Å². The summed E-state index contributed by atoms with van der Waals surface area (Å²) in [5.74, 6) is 0. The number of rotatable bonds is 3. The second kappa shape index (κ2) is 5.65. The Morgan fingerprint density at radius 2 is 1.11 bits per heavy atom. The number of nitrogens with one attached hydrogen (secondary N) is 1. The lowest BCUT2D eigenvalue weighted by Gasteiger charge is -2.29. The molecule has 0 unspecified atom stereocenters. The van der Waals surface area contributed by atoms with Gasteiger partial charge in [-0.2, -0.15) is 0 Å². The third-order valence-electron chi connectivity index (χ3n) is 2.48. The van der Waals surface area contributed by atoms with E-state index in [9.17, 15) is 0 Å². The monoisotopic (exact) mass is 257 g/mol. The van der Waals surface area contributed by atoms with Crippen LogP contribution in [0, 0.1) is 0 Å². The van der Waals surface area contributed by atoms with Crippen LogP contribution >= 0.6 is 8.07 Å². The molecule has 94 valence electrons. The lowest BCUT2D eigenvalue weighted by atomic mass is 10.1. The van der Waals surface area contributed by atoms with Gasteiger partial charge in [-0.25, -0.2) is 0 Å². The van der Waals surface area contributed by atoms with Gasteiger partial charge < -0.3 is 0 Å². The number of hydrogen-bond acceptors (Lipinski definition) is 1. The molecule has 0 fully saturated rings. The van der Waals surface area contributed by atoms with Crippen LogP contribution in [0.2, 0.25) is 0 Å². The van der Waals surface area contributed by atoms with Crippen molar-refractivity contribution < 1.29 is 0 Å². The van der Waals surface area contributed by atoms with Crippen molar-refractivity contribution in [3.8, 4) is 0 Å². The highest BCUT2D eigenvalue weighted by Gasteiger charge is 2.19. The zero-order chi connectivity index (χ0) is 13.0. The molecule has 2 aromatic carbocycles. The highest BCUT2D eigenvalue weighted by atomic mass is 31.1. The molecule has 0 aliphatic carbocycles. The third-order valence-corrected chi connectivity index (χ3v) is 5.00. The minimum Gasteiger partial charge on any atom is -0.284 e. The molecule has 2 aromatic rings. The summed E-state index contributed by atoms with van der Waals surface area (Å²) in [5, 5.41) is 6.49. The van der Waals surface area contributed by atoms with E-state index in [1.807, 2.05) is 0 Å². The zero-order valence-electron chi connectivity index (χ0n) is 11.2. The number of benzene rings is 2. The Kier molecular flexibility index (Phi) is 4.16. The van der Waals surface area contributed by atoms with Crippen molar-refractivity contribution in [2.75, 3.05) is 0 Å². The molecule has 1 N–H and O–H groups in total. The second-order valence-electron chi connectivity index (χ2n) is 5.37. The largest absolute Gasteiger partial charge is 0.284 e. The third kappa shape index (κ3) is 3.66. The molecule has 2 rings (SSSR count). The molecule has 0 atom stereocenters. The smallest absolute Gasteiger partial charge is 0.0257 e. The predicted octanol–water partition coefficient (Wildman–Crippen LogP) is 3.42. The molecule has 1 nitrogen and oxygen atoms in total. The van der Waals surface area contributed by atoms with Crippen LogP contribution in [0.15, 0.2) is 60.7 Å². The van der Waals surface area contributed by atoms with E-state index < -0.39 is 8.07 Å². The highest BCUT2D eigenvalue weighted by molar-refractivity contribution is 7.71. The van der Waals surface area contributed by atoms with Crippen LogP contribution in [0.3, 0.4) is 0 Å². The van der Waals surface area contributed by atoms with E-state index >= 15 is 0 Å². The summed E-state index contributed by atoms with van der Waals surface area (Å²) in [6.45, 7) is 6.65. The van der Waals surface area contributed by atoms with Crippen molar-refractivity contribution in [3.63, 3.8) is 0 Å². The van der Waals surface area contributed by atoms with Crippen LogP contribution in [0.5, 0.6) is 0 Å². The summed E-state index contributed by atoms with van der Waals surface area (Å²) in [5.41, 5.74) is 0.109. The van der Waals surface area contributed by atoms with Crippen molar-refractivity contribution in [2.24, 2.45) is 0 Å². The molecular weight excluding hydrogens is 237 g/mol. The molecule has 0 spiro atoms. The van der Waals surface area contributed by atoms with Crippen LogP contribution < -0.4 is 15.7 Å². The molecule has 2 heteroatoms. The van der Waals surface area contributed by atoms with Crippen LogP contribution in [-0.2, 0) is 0 Å². The average Bonchev–Trinajstić information content (AvgIpc) is 2.37. The lowest BCUT2D eigenvalue weighted by molar-refractivity contribution is 0.531. The Balaban J connectivity index is 2.36. The topological polar surface area (TPSA) is 12.0 Å². The van der Waals surface area contributed by atoms with Gasteiger partial charge in [0.15, 0.2) is 0 Å². The Morgan fingerprint density at radius 1 is 0.722 bits per heavy atom. The van der Waals surface area contributed by atoms with Gasteiger partial charge in [0.1, 0.15) is 0 Å². The Bertz CT molecular complexity index is 434. The van der Waals surface area contributed by atoms with Gasteiger partial charge in [0.25, 0.3) is 0 Å². The molecule has 0 bridgehead atoms. The summed E-state index contributed by atoms with van der Waals surface area (Å²) >= 11 is 0. The fourth-order valence-electron chi connectivity index (χ4n) is 1.77. The van der Waals surface area contributed by atoms with Crippen molar-refractivity contribution in [1.29, 1.82) is 0 Å². The summed E-state index contributed by atoms with van der Waals surface area (Å²) in [7, 11) is -0.489. The van der Waals surface area contributed by atoms with Crippen molar-refractivity contribution in [2.45, 2.75) is 26.3 Å². The van der Waals surface area contributed by atoms with Crippen molar-refractivity contribution in [1.82, 2.24) is 5.09 Å². The van der Waals surface area contributed by atoms with Gasteiger partial charge in [0.2, 0.25) is 0 Å². The van der Waals surface area contributed by atoms with Gasteiger partial charge in [-0.3, -0.25) is 5.09 Å². The minimum absolute atomic E-state index is 0.109. The Labute approximate surface area is 111 Å². The minimum atomic E-state index is -0.489. The maximum atomic E-state index is 3.75. The van der Waals surface area contributed by atoms with Crippen LogP contribution in [0.1, 0.15) is 20.8 Å². The Hall–Kier alpha value is -1.17. The predicted molar refractivity (Wildman–Crippen MR) is 82.0 cm³/mol. The fourth-order valence-corrected chi connectivity index (χ4v) is 3.94. The normalized spacial score (nSPS) is 11.8. The highest BCUT2D eigenvalue weighted by Crippen LogP contribution is 2.31. The fraction of sp³-hybridized carbons (Fsp3) is 0.250. The van der Waals surface area contributed by atoms with Gasteiger partial charge in [0.05, 0.1) is 0 Å². The molecule has 0 saturated carbocycles. The summed E-state index contributed by atoms with van der Waals surface area (Å²) in [6, 6.07) is 21.4. The van der Waals surface area contributed by atoms with Crippen LogP contribution in [0.25, 0.3) is 0 Å². The average molecular weight is 257 g/mol. The van der Waals surface area contributed by atoms with Crippen molar-refractivity contribution >= 4 is 18.7 Å². The molecular formula is C16H20NP. The SMILES string of the molecule is CC(C)(C)NP(c1ccccc1)c1ccccc1. The summed E-state index contributed by atoms with van der Waals surface area (Å²) < 4.78 is 0. The van der Waals surface area contributed by atoms with E-state index in [1.54, 1.807) is 0 Å². The molecule has 0 radical (unpaired) electrons. The quantitative estimate of drug-likeness (QED) is 0.831. The Morgan fingerprint density at radius 3 is 1.44 bits per heavy atom. The first-order chi connectivity index (χ1) is 8.56. The first kappa shape index (κ1) is 13.3. The molecule has 0 saturated heterocycles. The molecule has 0 heterocycles. The van der Waals surface area contributed by atoms with Gasteiger partial charge >= 0.3 is 0 Å². The van der Waals surface area contributed by atoms with E-state index in [0.717, 1.165) is 0 Å². The van der Waals surface area contributed by atoms with Gasteiger partial charge in [0, 0.05) is 13.6 Å². The van der Waals surface area contributed by atoms with E-state index in [4.69, 9.17) is 0 Å². The van der Waals surface area contributed by atoms with Crippen LogP contribution in [-0.4, -0.2) is 5.54 Å². The summed E-state index contributed by atoms with van der Waals surface area (Å²) in [6.07, 6.45) is 0. The van der Waals surface area contributed by atoms with E-state index in [-0.39, 0.29) is 5.54 Å². The number of hydrogen-bond donors (Lipinski definition) is 1.